The van der Waals surface area contributed by atoms with E-state index in [1.807, 2.05) is 18.2 Å². The Morgan fingerprint density at radius 1 is 0.967 bits per heavy atom. The maximum atomic E-state index is 13.1. The number of hydrogen-bond acceptors (Lipinski definition) is 5. The lowest BCUT2D eigenvalue weighted by Crippen LogP contribution is -2.37. The van der Waals surface area contributed by atoms with E-state index in [-0.39, 0.29) is 10.8 Å². The summed E-state index contributed by atoms with van der Waals surface area (Å²) in [6.45, 7) is 1.69. The van der Waals surface area contributed by atoms with Gasteiger partial charge in [-0.25, -0.2) is 13.4 Å². The van der Waals surface area contributed by atoms with Gasteiger partial charge in [0.1, 0.15) is 0 Å². The van der Waals surface area contributed by atoms with Gasteiger partial charge in [-0.05, 0) is 55.7 Å². The van der Waals surface area contributed by atoms with Gasteiger partial charge in [0.25, 0.3) is 0 Å². The normalized spacial score (nSPS) is 19.1. The number of piperidine rings is 1. The first kappa shape index (κ1) is 19.7. The third-order valence-electron chi connectivity index (χ3n) is 5.97. The van der Waals surface area contributed by atoms with Crippen molar-refractivity contribution in [2.45, 2.75) is 36.5 Å². The van der Waals surface area contributed by atoms with E-state index in [0.29, 0.717) is 32.0 Å². The highest BCUT2D eigenvalue weighted by atomic mass is 32.2. The van der Waals surface area contributed by atoms with Crippen LogP contribution >= 0.6 is 11.3 Å². The predicted molar refractivity (Wildman–Crippen MR) is 118 cm³/mol. The van der Waals surface area contributed by atoms with Gasteiger partial charge in [0, 0.05) is 37.7 Å². The molecule has 3 heterocycles. The van der Waals surface area contributed by atoms with E-state index in [9.17, 15) is 13.2 Å². The summed E-state index contributed by atoms with van der Waals surface area (Å²) in [4.78, 5) is 18.7. The number of benzene rings is 2. The Morgan fingerprint density at radius 3 is 2.37 bits per heavy atom. The van der Waals surface area contributed by atoms with Crippen LogP contribution in [-0.2, 0) is 14.8 Å². The highest BCUT2D eigenvalue weighted by molar-refractivity contribution is 7.89. The number of aromatic nitrogens is 1. The largest absolute Gasteiger partial charge is 0.312 e. The van der Waals surface area contributed by atoms with Crippen molar-refractivity contribution < 1.29 is 13.2 Å². The maximum absolute atomic E-state index is 13.1. The summed E-state index contributed by atoms with van der Waals surface area (Å²) >= 11 is 1.71. The highest BCUT2D eigenvalue weighted by Crippen LogP contribution is 2.35. The summed E-state index contributed by atoms with van der Waals surface area (Å²) in [6, 6.07) is 14.8. The number of anilines is 1. The lowest BCUT2D eigenvalue weighted by molar-refractivity contribution is -0.117. The van der Waals surface area contributed by atoms with E-state index in [1.165, 1.54) is 4.70 Å². The van der Waals surface area contributed by atoms with E-state index >= 15 is 0 Å². The Kier molecular flexibility index (Phi) is 5.08. The minimum atomic E-state index is -3.53. The molecule has 2 fully saturated rings. The van der Waals surface area contributed by atoms with E-state index in [0.717, 1.165) is 35.5 Å². The highest BCUT2D eigenvalue weighted by Gasteiger charge is 2.31. The number of para-hydroxylation sites is 1. The number of carbonyl (C=O) groups excluding carboxylic acids is 1. The third kappa shape index (κ3) is 3.53. The number of nitrogens with zero attached hydrogens (tertiary/aromatic N) is 3. The molecular weight excluding hydrogens is 418 g/mol. The quantitative estimate of drug-likeness (QED) is 0.614. The fourth-order valence-corrected chi connectivity index (χ4v) is 6.88. The van der Waals surface area contributed by atoms with Crippen LogP contribution in [-0.4, -0.2) is 43.2 Å². The molecule has 0 aliphatic carbocycles. The van der Waals surface area contributed by atoms with Crippen molar-refractivity contribution in [1.82, 2.24) is 9.29 Å². The van der Waals surface area contributed by atoms with Crippen molar-refractivity contribution >= 4 is 43.2 Å². The van der Waals surface area contributed by atoms with Crippen molar-refractivity contribution in [1.29, 1.82) is 0 Å². The number of carbonyl (C=O) groups is 1. The van der Waals surface area contributed by atoms with Gasteiger partial charge >= 0.3 is 0 Å². The number of hydrogen-bond donors (Lipinski definition) is 0. The lowest BCUT2D eigenvalue weighted by atomic mass is 9.99. The van der Waals surface area contributed by atoms with Gasteiger partial charge in [-0.2, -0.15) is 4.31 Å². The maximum Gasteiger partial charge on any atom is 0.243 e. The molecule has 156 valence electrons. The molecule has 5 rings (SSSR count). The Bertz CT molecular complexity index is 1150. The Hall–Kier alpha value is -2.29. The molecule has 3 aromatic rings. The fourth-order valence-electron chi connectivity index (χ4n) is 4.28. The van der Waals surface area contributed by atoms with Gasteiger partial charge in [0.05, 0.1) is 20.1 Å². The number of sulfonamides is 1. The van der Waals surface area contributed by atoms with Crippen LogP contribution in [0.1, 0.15) is 36.6 Å². The minimum absolute atomic E-state index is 0.0996. The summed E-state index contributed by atoms with van der Waals surface area (Å²) in [5.74, 6) is 0.403. The molecular formula is C22H23N3O3S2. The third-order valence-corrected chi connectivity index (χ3v) is 9.08. The van der Waals surface area contributed by atoms with Crippen LogP contribution in [0.3, 0.4) is 0 Å². The summed E-state index contributed by atoms with van der Waals surface area (Å²) in [5, 5.41) is 1.10. The molecule has 2 aliphatic rings. The standard InChI is InChI=1S/C22H23N3O3S2/c26-21-6-3-13-25(21)17-7-9-18(10-8-17)30(27,28)24-14-11-16(12-15-24)22-23-19-4-1-2-5-20(19)29-22/h1-2,4-5,7-10,16H,3,6,11-15H2. The minimum Gasteiger partial charge on any atom is -0.312 e. The average Bonchev–Trinajstić information content (AvgIpc) is 3.40. The van der Waals surface area contributed by atoms with Crippen molar-refractivity contribution in [3.05, 3.63) is 53.5 Å². The molecule has 0 radical (unpaired) electrons. The second-order valence-electron chi connectivity index (χ2n) is 7.84. The van der Waals surface area contributed by atoms with Gasteiger partial charge in [-0.3, -0.25) is 4.79 Å². The monoisotopic (exact) mass is 441 g/mol. The predicted octanol–water partition coefficient (Wildman–Crippen LogP) is 3.99. The zero-order valence-corrected chi connectivity index (χ0v) is 18.2. The SMILES string of the molecule is O=C1CCCN1c1ccc(S(=O)(=O)N2CCC(c3nc4ccccc4s3)CC2)cc1. The van der Waals surface area contributed by atoms with Gasteiger partial charge in [0.2, 0.25) is 15.9 Å². The molecule has 0 bridgehead atoms. The number of amides is 1. The van der Waals surface area contributed by atoms with Crippen LogP contribution in [0.25, 0.3) is 10.2 Å². The van der Waals surface area contributed by atoms with Gasteiger partial charge in [-0.15, -0.1) is 11.3 Å². The molecule has 0 unspecified atom stereocenters. The summed E-state index contributed by atoms with van der Waals surface area (Å²) < 4.78 is 29.0. The molecule has 0 N–H and O–H groups in total. The van der Waals surface area contributed by atoms with E-state index in [4.69, 9.17) is 4.98 Å². The first-order valence-corrected chi connectivity index (χ1v) is 12.5. The summed E-state index contributed by atoms with van der Waals surface area (Å²) in [6.07, 6.45) is 2.96. The molecule has 6 nitrogen and oxygen atoms in total. The van der Waals surface area contributed by atoms with Crippen LogP contribution in [0.15, 0.2) is 53.4 Å². The lowest BCUT2D eigenvalue weighted by Gasteiger charge is -2.30. The number of thiazole rings is 1. The molecule has 0 saturated carbocycles. The number of fused-ring (bicyclic) bond motifs is 1. The van der Waals surface area contributed by atoms with Crippen molar-refractivity contribution in [2.24, 2.45) is 0 Å². The molecule has 2 saturated heterocycles. The average molecular weight is 442 g/mol. The smallest absolute Gasteiger partial charge is 0.243 e. The topological polar surface area (TPSA) is 70.6 Å². The van der Waals surface area contributed by atoms with Crippen LogP contribution in [0.2, 0.25) is 0 Å². The molecule has 0 spiro atoms. The van der Waals surface area contributed by atoms with Crippen LogP contribution in [0.4, 0.5) is 5.69 Å². The zero-order chi connectivity index (χ0) is 20.7. The zero-order valence-electron chi connectivity index (χ0n) is 16.5. The molecule has 1 aromatic heterocycles. The molecule has 2 aromatic carbocycles. The Morgan fingerprint density at radius 2 is 1.70 bits per heavy atom. The fraction of sp³-hybridized carbons (Fsp3) is 0.364. The van der Waals surface area contributed by atoms with Crippen molar-refractivity contribution in [3.8, 4) is 0 Å². The van der Waals surface area contributed by atoms with Gasteiger partial charge in [0.15, 0.2) is 0 Å². The second kappa shape index (κ2) is 7.76. The van der Waals surface area contributed by atoms with E-state index in [2.05, 4.69) is 6.07 Å². The molecule has 8 heteroatoms. The van der Waals surface area contributed by atoms with Crippen LogP contribution in [0.5, 0.6) is 0 Å². The first-order valence-electron chi connectivity index (χ1n) is 10.3. The van der Waals surface area contributed by atoms with Gasteiger partial charge < -0.3 is 4.90 Å². The van der Waals surface area contributed by atoms with Gasteiger partial charge in [-0.1, -0.05) is 12.1 Å². The molecule has 2 aliphatic heterocycles. The summed E-state index contributed by atoms with van der Waals surface area (Å²) in [7, 11) is -3.53. The number of rotatable bonds is 4. The van der Waals surface area contributed by atoms with Crippen LogP contribution in [0, 0.1) is 0 Å². The summed E-state index contributed by atoms with van der Waals surface area (Å²) in [5.41, 5.74) is 1.79. The second-order valence-corrected chi connectivity index (χ2v) is 10.8. The van der Waals surface area contributed by atoms with E-state index in [1.54, 1.807) is 44.8 Å². The van der Waals surface area contributed by atoms with Crippen molar-refractivity contribution in [2.75, 3.05) is 24.5 Å². The Labute approximate surface area is 180 Å². The van der Waals surface area contributed by atoms with E-state index < -0.39 is 10.0 Å². The Balaban J connectivity index is 1.28. The molecule has 1 amide bonds. The molecule has 30 heavy (non-hydrogen) atoms. The first-order chi connectivity index (χ1) is 14.5. The van der Waals surface area contributed by atoms with Crippen molar-refractivity contribution in [3.63, 3.8) is 0 Å². The van der Waals surface area contributed by atoms with Crippen LogP contribution < -0.4 is 4.90 Å². The molecule has 0 atom stereocenters.